The zero-order chi connectivity index (χ0) is 15.2. The van der Waals surface area contributed by atoms with E-state index in [-0.39, 0.29) is 0 Å². The molecule has 1 N–H and O–H groups in total. The zero-order valence-electron chi connectivity index (χ0n) is 12.5. The molecule has 2 rings (SSSR count). The summed E-state index contributed by atoms with van der Waals surface area (Å²) in [6, 6.07) is 14.6. The number of halogens is 2. The molecule has 21 heavy (non-hydrogen) atoms. The monoisotopic (exact) mass is 321 g/mol. The Morgan fingerprint density at radius 1 is 1.05 bits per heavy atom. The van der Waals surface area contributed by atoms with Crippen molar-refractivity contribution in [3.8, 4) is 0 Å². The Kier molecular flexibility index (Phi) is 6.10. The Balaban J connectivity index is 2.45. The summed E-state index contributed by atoms with van der Waals surface area (Å²) >= 11 is 12.2. The Bertz CT molecular complexity index is 596. The highest BCUT2D eigenvalue weighted by Crippen LogP contribution is 2.34. The van der Waals surface area contributed by atoms with Crippen LogP contribution in [0.15, 0.2) is 42.5 Å². The Morgan fingerprint density at radius 2 is 1.81 bits per heavy atom. The van der Waals surface area contributed by atoms with Gasteiger partial charge in [0.1, 0.15) is 0 Å². The van der Waals surface area contributed by atoms with Gasteiger partial charge in [-0.2, -0.15) is 0 Å². The lowest BCUT2D eigenvalue weighted by Crippen LogP contribution is -2.11. The van der Waals surface area contributed by atoms with Gasteiger partial charge in [-0.3, -0.25) is 0 Å². The van der Waals surface area contributed by atoms with Crippen molar-refractivity contribution in [1.29, 1.82) is 0 Å². The van der Waals surface area contributed by atoms with E-state index in [1.165, 1.54) is 16.7 Å². The van der Waals surface area contributed by atoms with E-state index in [1.807, 2.05) is 19.2 Å². The summed E-state index contributed by atoms with van der Waals surface area (Å²) in [7, 11) is 1.98. The highest BCUT2D eigenvalue weighted by molar-refractivity contribution is 6.42. The molecule has 2 aromatic rings. The van der Waals surface area contributed by atoms with Crippen molar-refractivity contribution in [2.45, 2.75) is 32.2 Å². The smallest absolute Gasteiger partial charge is 0.0595 e. The molecule has 0 spiro atoms. The second-order valence-corrected chi connectivity index (χ2v) is 6.06. The average molecular weight is 322 g/mol. The summed E-state index contributed by atoms with van der Waals surface area (Å²) < 4.78 is 0. The molecule has 0 saturated heterocycles. The normalized spacial score (nSPS) is 12.4. The summed E-state index contributed by atoms with van der Waals surface area (Å²) in [6.45, 7) is 3.09. The second-order valence-electron chi connectivity index (χ2n) is 5.24. The molecule has 2 aromatic carbocycles. The van der Waals surface area contributed by atoms with Gasteiger partial charge >= 0.3 is 0 Å². The molecule has 0 amide bonds. The van der Waals surface area contributed by atoms with Crippen molar-refractivity contribution in [2.24, 2.45) is 0 Å². The summed E-state index contributed by atoms with van der Waals surface area (Å²) in [5.41, 5.74) is 3.94. The van der Waals surface area contributed by atoms with Crippen LogP contribution in [0.4, 0.5) is 0 Å². The van der Waals surface area contributed by atoms with Crippen LogP contribution in [-0.2, 0) is 6.54 Å². The molecule has 0 radical (unpaired) electrons. The van der Waals surface area contributed by atoms with Gasteiger partial charge in [0.25, 0.3) is 0 Å². The average Bonchev–Trinajstić information content (AvgIpc) is 2.49. The van der Waals surface area contributed by atoms with Gasteiger partial charge < -0.3 is 5.32 Å². The topological polar surface area (TPSA) is 12.0 Å². The molecule has 1 atom stereocenters. The molecule has 1 nitrogen and oxygen atoms in total. The summed E-state index contributed by atoms with van der Waals surface area (Å²) in [5, 5.41) is 4.48. The summed E-state index contributed by atoms with van der Waals surface area (Å²) in [6.07, 6.45) is 2.22. The second kappa shape index (κ2) is 7.84. The van der Waals surface area contributed by atoms with Crippen molar-refractivity contribution >= 4 is 23.2 Å². The lowest BCUT2D eigenvalue weighted by Gasteiger charge is -2.21. The molecule has 3 heteroatoms. The molecule has 0 bridgehead atoms. The third-order valence-corrected chi connectivity index (χ3v) is 4.46. The van der Waals surface area contributed by atoms with Gasteiger partial charge in [0.15, 0.2) is 0 Å². The minimum absolute atomic E-state index is 0.356. The van der Waals surface area contributed by atoms with Crippen LogP contribution in [0.25, 0.3) is 0 Å². The standard InChI is InChI=1S/C18H21Cl2N/c1-3-6-15(13-9-10-17(19)18(20)11-13)16-8-5-4-7-14(16)12-21-2/h4-5,7-11,15,21H,3,6,12H2,1-2H3. The van der Waals surface area contributed by atoms with Crippen LogP contribution in [0.2, 0.25) is 10.0 Å². The number of rotatable bonds is 6. The lowest BCUT2D eigenvalue weighted by atomic mass is 9.85. The van der Waals surface area contributed by atoms with Crippen LogP contribution in [0, 0.1) is 0 Å². The zero-order valence-corrected chi connectivity index (χ0v) is 14.0. The van der Waals surface area contributed by atoms with E-state index in [9.17, 15) is 0 Å². The van der Waals surface area contributed by atoms with Crippen molar-refractivity contribution in [3.63, 3.8) is 0 Å². The van der Waals surface area contributed by atoms with Gasteiger partial charge in [-0.05, 0) is 42.3 Å². The highest BCUT2D eigenvalue weighted by Gasteiger charge is 2.17. The van der Waals surface area contributed by atoms with Crippen LogP contribution < -0.4 is 5.32 Å². The highest BCUT2D eigenvalue weighted by atomic mass is 35.5. The van der Waals surface area contributed by atoms with Crippen LogP contribution in [0.5, 0.6) is 0 Å². The van der Waals surface area contributed by atoms with Crippen LogP contribution in [-0.4, -0.2) is 7.05 Å². The van der Waals surface area contributed by atoms with Gasteiger partial charge in [0, 0.05) is 12.5 Å². The fourth-order valence-corrected chi connectivity index (χ4v) is 3.05. The number of benzene rings is 2. The number of nitrogens with one attached hydrogen (secondary N) is 1. The van der Waals surface area contributed by atoms with E-state index < -0.39 is 0 Å². The van der Waals surface area contributed by atoms with Gasteiger partial charge in [-0.1, -0.05) is 66.9 Å². The molecule has 0 fully saturated rings. The van der Waals surface area contributed by atoms with Crippen LogP contribution in [0.3, 0.4) is 0 Å². The molecule has 0 aromatic heterocycles. The minimum atomic E-state index is 0.356. The first-order chi connectivity index (χ1) is 10.2. The van der Waals surface area contributed by atoms with Crippen molar-refractivity contribution < 1.29 is 0 Å². The molecule has 0 aliphatic carbocycles. The van der Waals surface area contributed by atoms with Crippen molar-refractivity contribution in [2.75, 3.05) is 7.05 Å². The van der Waals surface area contributed by atoms with Gasteiger partial charge in [-0.15, -0.1) is 0 Å². The predicted octanol–water partition coefficient (Wildman–Crippen LogP) is 5.64. The minimum Gasteiger partial charge on any atom is -0.316 e. The predicted molar refractivity (Wildman–Crippen MR) is 92.4 cm³/mol. The third-order valence-electron chi connectivity index (χ3n) is 3.72. The molecule has 0 saturated carbocycles. The molecular formula is C18H21Cl2N. The van der Waals surface area contributed by atoms with Gasteiger partial charge in [0.2, 0.25) is 0 Å². The Labute approximate surface area is 137 Å². The molecule has 0 heterocycles. The SMILES string of the molecule is CCCC(c1ccc(Cl)c(Cl)c1)c1ccccc1CNC. The number of hydrogen-bond acceptors (Lipinski definition) is 1. The van der Waals surface area contributed by atoms with E-state index in [1.54, 1.807) is 0 Å². The van der Waals surface area contributed by atoms with Crippen molar-refractivity contribution in [3.05, 3.63) is 69.2 Å². The Hall–Kier alpha value is -1.02. The van der Waals surface area contributed by atoms with Gasteiger partial charge in [0.05, 0.1) is 10.0 Å². The van der Waals surface area contributed by atoms with Gasteiger partial charge in [-0.25, -0.2) is 0 Å². The molecule has 0 aliphatic heterocycles. The molecule has 1 unspecified atom stereocenters. The first kappa shape index (κ1) is 16.4. The summed E-state index contributed by atoms with van der Waals surface area (Å²) in [4.78, 5) is 0. The van der Waals surface area contributed by atoms with E-state index in [0.29, 0.717) is 16.0 Å². The molecule has 0 aliphatic rings. The first-order valence-electron chi connectivity index (χ1n) is 7.34. The molecule has 112 valence electrons. The fraction of sp³-hybridized carbons (Fsp3) is 0.333. The quantitative estimate of drug-likeness (QED) is 0.725. The van der Waals surface area contributed by atoms with Crippen LogP contribution in [0.1, 0.15) is 42.4 Å². The fourth-order valence-electron chi connectivity index (χ4n) is 2.75. The maximum Gasteiger partial charge on any atom is 0.0595 e. The van der Waals surface area contributed by atoms with E-state index in [4.69, 9.17) is 23.2 Å². The first-order valence-corrected chi connectivity index (χ1v) is 8.10. The maximum absolute atomic E-state index is 6.20. The number of hydrogen-bond donors (Lipinski definition) is 1. The third kappa shape index (κ3) is 4.00. The van der Waals surface area contributed by atoms with E-state index in [0.717, 1.165) is 19.4 Å². The van der Waals surface area contributed by atoms with Crippen molar-refractivity contribution in [1.82, 2.24) is 5.32 Å². The maximum atomic E-state index is 6.20. The van der Waals surface area contributed by atoms with Crippen LogP contribution >= 0.6 is 23.2 Å². The lowest BCUT2D eigenvalue weighted by molar-refractivity contribution is 0.683. The van der Waals surface area contributed by atoms with E-state index >= 15 is 0 Å². The Morgan fingerprint density at radius 3 is 2.48 bits per heavy atom. The largest absolute Gasteiger partial charge is 0.316 e. The van der Waals surface area contributed by atoms with E-state index in [2.05, 4.69) is 42.6 Å². The summed E-state index contributed by atoms with van der Waals surface area (Å²) in [5.74, 6) is 0.356. The molecular weight excluding hydrogens is 301 g/mol.